The molecule has 0 fully saturated rings. The third-order valence-electron chi connectivity index (χ3n) is 3.80. The molecule has 23 heavy (non-hydrogen) atoms. The van der Waals surface area contributed by atoms with Crippen molar-refractivity contribution < 1.29 is 4.74 Å². The lowest BCUT2D eigenvalue weighted by molar-refractivity contribution is 0.398. The van der Waals surface area contributed by atoms with Crippen LogP contribution in [0.2, 0.25) is 0 Å². The van der Waals surface area contributed by atoms with E-state index in [1.54, 1.807) is 7.11 Å². The van der Waals surface area contributed by atoms with Gasteiger partial charge in [-0.1, -0.05) is 31.2 Å². The number of hydrogen-bond donors (Lipinski definition) is 1. The van der Waals surface area contributed by atoms with Gasteiger partial charge in [-0.3, -0.25) is 0 Å². The van der Waals surface area contributed by atoms with Crippen LogP contribution in [0.3, 0.4) is 0 Å². The highest BCUT2D eigenvalue weighted by Crippen LogP contribution is 2.34. The molecule has 0 radical (unpaired) electrons. The van der Waals surface area contributed by atoms with E-state index in [1.165, 1.54) is 0 Å². The number of pyridine rings is 2. The van der Waals surface area contributed by atoms with Gasteiger partial charge in [0.05, 0.1) is 12.8 Å². The topological polar surface area (TPSA) is 61.0 Å². The van der Waals surface area contributed by atoms with Crippen LogP contribution in [0, 0.1) is 0 Å². The van der Waals surface area contributed by atoms with Gasteiger partial charge in [0.15, 0.2) is 0 Å². The van der Waals surface area contributed by atoms with Crippen LogP contribution in [0.5, 0.6) is 5.88 Å². The number of hydrogen-bond acceptors (Lipinski definition) is 4. The first kappa shape index (κ1) is 15.0. The van der Waals surface area contributed by atoms with E-state index in [0.29, 0.717) is 11.7 Å². The molecule has 2 N–H and O–H groups in total. The molecule has 3 rings (SSSR count). The van der Waals surface area contributed by atoms with Gasteiger partial charge < -0.3 is 10.5 Å². The van der Waals surface area contributed by atoms with Gasteiger partial charge in [0, 0.05) is 23.4 Å². The summed E-state index contributed by atoms with van der Waals surface area (Å²) in [7, 11) is 1.61. The lowest BCUT2D eigenvalue weighted by Gasteiger charge is -2.13. The summed E-state index contributed by atoms with van der Waals surface area (Å²) in [5, 5.41) is 0. The fraction of sp³-hybridized carbons (Fsp3) is 0.158. The third-order valence-corrected chi connectivity index (χ3v) is 3.80. The van der Waals surface area contributed by atoms with Gasteiger partial charge in [-0.25, -0.2) is 9.97 Å². The van der Waals surface area contributed by atoms with Crippen molar-refractivity contribution in [2.75, 3.05) is 12.8 Å². The second kappa shape index (κ2) is 6.48. The molecule has 4 nitrogen and oxygen atoms in total. The first-order chi connectivity index (χ1) is 11.2. The monoisotopic (exact) mass is 305 g/mol. The zero-order chi connectivity index (χ0) is 16.2. The van der Waals surface area contributed by atoms with Crippen molar-refractivity contribution in [3.05, 3.63) is 60.4 Å². The predicted octanol–water partition coefficient (Wildman–Crippen LogP) is 3.96. The Morgan fingerprint density at radius 2 is 1.74 bits per heavy atom. The molecule has 0 saturated carbocycles. The van der Waals surface area contributed by atoms with E-state index in [0.717, 1.165) is 34.4 Å². The lowest BCUT2D eigenvalue weighted by atomic mass is 9.94. The van der Waals surface area contributed by atoms with E-state index in [-0.39, 0.29) is 0 Å². The molecule has 0 amide bonds. The zero-order valence-corrected chi connectivity index (χ0v) is 13.3. The number of ether oxygens (including phenoxy) is 1. The Bertz CT molecular complexity index is 813. The maximum Gasteiger partial charge on any atom is 0.212 e. The SMILES string of the molecule is CCc1nc(N)ccc1-c1ccccc1-c1ccc(OC)nc1. The van der Waals surface area contributed by atoms with Crippen LogP contribution < -0.4 is 10.5 Å². The van der Waals surface area contributed by atoms with Crippen LogP contribution in [0.25, 0.3) is 22.3 Å². The first-order valence-corrected chi connectivity index (χ1v) is 7.58. The Kier molecular flexibility index (Phi) is 4.24. The molecule has 0 aliphatic heterocycles. The smallest absolute Gasteiger partial charge is 0.212 e. The molecule has 0 saturated heterocycles. The highest BCUT2D eigenvalue weighted by Gasteiger charge is 2.12. The molecule has 2 aromatic heterocycles. The zero-order valence-electron chi connectivity index (χ0n) is 13.3. The summed E-state index contributed by atoms with van der Waals surface area (Å²) in [5.41, 5.74) is 11.2. The Morgan fingerprint density at radius 1 is 0.957 bits per heavy atom. The Morgan fingerprint density at radius 3 is 2.39 bits per heavy atom. The summed E-state index contributed by atoms with van der Waals surface area (Å²) in [6.07, 6.45) is 2.66. The normalized spacial score (nSPS) is 10.5. The molecule has 4 heteroatoms. The number of benzene rings is 1. The van der Waals surface area contributed by atoms with Crippen LogP contribution in [-0.4, -0.2) is 17.1 Å². The second-order valence-corrected chi connectivity index (χ2v) is 5.22. The Balaban J connectivity index is 2.14. The van der Waals surface area contributed by atoms with Gasteiger partial charge in [-0.2, -0.15) is 0 Å². The molecule has 3 aromatic rings. The van der Waals surface area contributed by atoms with E-state index < -0.39 is 0 Å². The van der Waals surface area contributed by atoms with E-state index in [2.05, 4.69) is 29.0 Å². The standard InChI is InChI=1S/C19H19N3O/c1-3-17-16(9-10-18(20)22-17)15-7-5-4-6-14(15)13-8-11-19(23-2)21-12-13/h4-12H,3H2,1-2H3,(H2,20,22). The minimum absolute atomic E-state index is 0.550. The maximum atomic E-state index is 5.83. The molecule has 0 unspecified atom stereocenters. The van der Waals surface area contributed by atoms with Crippen LogP contribution in [0.1, 0.15) is 12.6 Å². The van der Waals surface area contributed by atoms with Crippen molar-refractivity contribution >= 4 is 5.82 Å². The minimum Gasteiger partial charge on any atom is -0.481 e. The van der Waals surface area contributed by atoms with Crippen molar-refractivity contribution in [3.63, 3.8) is 0 Å². The maximum absolute atomic E-state index is 5.83. The third kappa shape index (κ3) is 3.01. The summed E-state index contributed by atoms with van der Waals surface area (Å²) in [6.45, 7) is 2.09. The van der Waals surface area contributed by atoms with Crippen molar-refractivity contribution in [2.24, 2.45) is 0 Å². The number of nitrogens with two attached hydrogens (primary N) is 1. The molecule has 116 valence electrons. The highest BCUT2D eigenvalue weighted by atomic mass is 16.5. The van der Waals surface area contributed by atoms with Crippen molar-refractivity contribution in [2.45, 2.75) is 13.3 Å². The van der Waals surface area contributed by atoms with Crippen molar-refractivity contribution in [1.29, 1.82) is 0 Å². The molecule has 1 aromatic carbocycles. The molecular formula is C19H19N3O. The number of aryl methyl sites for hydroxylation is 1. The molecular weight excluding hydrogens is 286 g/mol. The molecule has 2 heterocycles. The fourth-order valence-electron chi connectivity index (χ4n) is 2.66. The number of rotatable bonds is 4. The van der Waals surface area contributed by atoms with Crippen LogP contribution in [0.4, 0.5) is 5.82 Å². The number of nitrogen functional groups attached to an aromatic ring is 1. The molecule has 0 atom stereocenters. The van der Waals surface area contributed by atoms with Crippen LogP contribution in [0.15, 0.2) is 54.7 Å². The summed E-state index contributed by atoms with van der Waals surface area (Å²) in [5.74, 6) is 1.16. The van der Waals surface area contributed by atoms with Crippen LogP contribution >= 0.6 is 0 Å². The summed E-state index contributed by atoms with van der Waals surface area (Å²) < 4.78 is 5.13. The van der Waals surface area contributed by atoms with E-state index in [4.69, 9.17) is 10.5 Å². The molecule has 0 spiro atoms. The predicted molar refractivity (Wildman–Crippen MR) is 93.2 cm³/mol. The van der Waals surface area contributed by atoms with Crippen LogP contribution in [-0.2, 0) is 6.42 Å². The largest absolute Gasteiger partial charge is 0.481 e. The van der Waals surface area contributed by atoms with Gasteiger partial charge in [-0.05, 0) is 35.7 Å². The number of nitrogens with zero attached hydrogens (tertiary/aromatic N) is 2. The number of anilines is 1. The van der Waals surface area contributed by atoms with Gasteiger partial charge in [0.2, 0.25) is 5.88 Å². The highest BCUT2D eigenvalue weighted by molar-refractivity contribution is 5.84. The van der Waals surface area contributed by atoms with Gasteiger partial charge in [0.1, 0.15) is 5.82 Å². The molecule has 0 aliphatic rings. The Hall–Kier alpha value is -2.88. The van der Waals surface area contributed by atoms with Crippen molar-refractivity contribution in [3.8, 4) is 28.1 Å². The molecule has 0 bridgehead atoms. The van der Waals surface area contributed by atoms with Crippen molar-refractivity contribution in [1.82, 2.24) is 9.97 Å². The van der Waals surface area contributed by atoms with Gasteiger partial charge in [0.25, 0.3) is 0 Å². The Labute approximate surface area is 136 Å². The lowest BCUT2D eigenvalue weighted by Crippen LogP contribution is -1.98. The fourth-order valence-corrected chi connectivity index (χ4v) is 2.66. The first-order valence-electron chi connectivity index (χ1n) is 7.58. The van der Waals surface area contributed by atoms with E-state index >= 15 is 0 Å². The van der Waals surface area contributed by atoms with Gasteiger partial charge in [-0.15, -0.1) is 0 Å². The average Bonchev–Trinajstić information content (AvgIpc) is 2.62. The molecule has 0 aliphatic carbocycles. The summed E-state index contributed by atoms with van der Waals surface area (Å²) >= 11 is 0. The second-order valence-electron chi connectivity index (χ2n) is 5.22. The minimum atomic E-state index is 0.550. The summed E-state index contributed by atoms with van der Waals surface area (Å²) in [4.78, 5) is 8.78. The summed E-state index contributed by atoms with van der Waals surface area (Å²) in [6, 6.07) is 16.0. The van der Waals surface area contributed by atoms with E-state index in [1.807, 2.05) is 42.6 Å². The average molecular weight is 305 g/mol. The number of methoxy groups -OCH3 is 1. The number of aromatic nitrogens is 2. The van der Waals surface area contributed by atoms with E-state index in [9.17, 15) is 0 Å². The quantitative estimate of drug-likeness (QED) is 0.792. The van der Waals surface area contributed by atoms with Gasteiger partial charge >= 0.3 is 0 Å².